The Labute approximate surface area is 165 Å². The van der Waals surface area contributed by atoms with Gasteiger partial charge in [-0.2, -0.15) is 0 Å². The van der Waals surface area contributed by atoms with E-state index in [9.17, 15) is 9.59 Å². The largest absolute Gasteiger partial charge is 0.456 e. The fourth-order valence-electron chi connectivity index (χ4n) is 3.82. The second-order valence-corrected chi connectivity index (χ2v) is 10.0. The maximum atomic E-state index is 12.6. The minimum Gasteiger partial charge on any atom is -0.456 e. The van der Waals surface area contributed by atoms with Gasteiger partial charge in [-0.05, 0) is 75.3 Å². The molecule has 0 spiro atoms. The van der Waals surface area contributed by atoms with Gasteiger partial charge >= 0.3 is 12.0 Å². The van der Waals surface area contributed by atoms with E-state index in [-0.39, 0.29) is 17.1 Å². The first kappa shape index (κ1) is 25.4. The first-order valence-corrected chi connectivity index (χ1v) is 9.64. The third-order valence-electron chi connectivity index (χ3n) is 4.03. The maximum absolute atomic E-state index is 12.6. The lowest BCUT2D eigenvalue weighted by molar-refractivity contribution is -0.153. The molecule has 0 rings (SSSR count). The van der Waals surface area contributed by atoms with E-state index in [1.165, 1.54) is 0 Å². The normalized spacial score (nSPS) is 13.1. The molecule has 0 aromatic heterocycles. The van der Waals surface area contributed by atoms with Crippen LogP contribution in [-0.2, 0) is 9.53 Å². The number of carbonyl (C=O) groups excluding carboxylic acids is 2. The molecule has 0 unspecified atom stereocenters. The molecule has 0 aliphatic rings. The molecule has 6 nitrogen and oxygen atoms in total. The van der Waals surface area contributed by atoms with Crippen molar-refractivity contribution in [1.29, 1.82) is 0 Å². The number of hydrogen-bond acceptors (Lipinski definition) is 4. The Hall–Kier alpha value is -1.56. The van der Waals surface area contributed by atoms with Gasteiger partial charge in [-0.3, -0.25) is 0 Å². The monoisotopic (exact) mass is 383 g/mol. The number of carbonyl (C=O) groups is 2. The lowest BCUT2D eigenvalue weighted by atomic mass is 9.86. The van der Waals surface area contributed by atoms with Crippen LogP contribution in [0.3, 0.4) is 0 Å². The van der Waals surface area contributed by atoms with Crippen LogP contribution in [0.1, 0.15) is 82.1 Å². The molecule has 0 heterocycles. The Kier molecular flexibility index (Phi) is 8.56. The fourth-order valence-corrected chi connectivity index (χ4v) is 3.82. The van der Waals surface area contributed by atoms with Crippen LogP contribution in [0.15, 0.2) is 12.2 Å². The third-order valence-corrected chi connectivity index (χ3v) is 4.03. The molecular formula is C21H41N3O3. The molecule has 0 saturated heterocycles. The summed E-state index contributed by atoms with van der Waals surface area (Å²) < 4.78 is 5.49. The van der Waals surface area contributed by atoms with Crippen molar-refractivity contribution >= 4 is 12.0 Å². The van der Waals surface area contributed by atoms with Crippen LogP contribution in [0.2, 0.25) is 0 Å². The Morgan fingerprint density at radius 1 is 0.852 bits per heavy atom. The van der Waals surface area contributed by atoms with Crippen molar-refractivity contribution in [3.05, 3.63) is 12.2 Å². The zero-order valence-electron chi connectivity index (χ0n) is 19.1. The van der Waals surface area contributed by atoms with Crippen LogP contribution in [0.5, 0.6) is 0 Å². The van der Waals surface area contributed by atoms with Gasteiger partial charge in [0.1, 0.15) is 5.60 Å². The summed E-state index contributed by atoms with van der Waals surface area (Å²) in [4.78, 5) is 24.4. The van der Waals surface area contributed by atoms with E-state index in [0.29, 0.717) is 12.0 Å². The lowest BCUT2D eigenvalue weighted by Gasteiger charge is -2.38. The lowest BCUT2D eigenvalue weighted by Crippen LogP contribution is -2.58. The van der Waals surface area contributed by atoms with E-state index >= 15 is 0 Å². The van der Waals surface area contributed by atoms with E-state index in [1.807, 2.05) is 41.5 Å². The molecular weight excluding hydrogens is 342 g/mol. The highest BCUT2D eigenvalue weighted by atomic mass is 16.6. The highest BCUT2D eigenvalue weighted by Crippen LogP contribution is 2.25. The van der Waals surface area contributed by atoms with Crippen molar-refractivity contribution in [2.24, 2.45) is 0 Å². The van der Waals surface area contributed by atoms with Crippen molar-refractivity contribution in [1.82, 2.24) is 16.0 Å². The summed E-state index contributed by atoms with van der Waals surface area (Å²) in [5, 5.41) is 9.49. The average molecular weight is 384 g/mol. The van der Waals surface area contributed by atoms with Gasteiger partial charge in [0.05, 0.1) is 0 Å². The smallest absolute Gasteiger partial charge is 0.333 e. The number of esters is 1. The van der Waals surface area contributed by atoms with Crippen LogP contribution in [-0.4, -0.2) is 40.8 Å². The van der Waals surface area contributed by atoms with Gasteiger partial charge in [0, 0.05) is 28.6 Å². The molecule has 0 aromatic carbocycles. The zero-order valence-corrected chi connectivity index (χ0v) is 19.1. The van der Waals surface area contributed by atoms with Crippen molar-refractivity contribution in [3.63, 3.8) is 0 Å². The van der Waals surface area contributed by atoms with Crippen LogP contribution < -0.4 is 16.0 Å². The second kappa shape index (κ2) is 9.09. The maximum Gasteiger partial charge on any atom is 0.333 e. The Bertz CT molecular complexity index is 549. The Balaban J connectivity index is 4.86. The van der Waals surface area contributed by atoms with Crippen molar-refractivity contribution in [3.8, 4) is 0 Å². The van der Waals surface area contributed by atoms with Gasteiger partial charge in [-0.25, -0.2) is 9.59 Å². The number of urea groups is 1. The minimum atomic E-state index is -0.727. The first-order chi connectivity index (χ1) is 11.9. The summed E-state index contributed by atoms with van der Waals surface area (Å²) in [5.41, 5.74) is -1.39. The molecule has 158 valence electrons. The number of nitrogens with one attached hydrogen (secondary N) is 3. The van der Waals surface area contributed by atoms with Crippen molar-refractivity contribution in [2.45, 2.75) is 104 Å². The number of amides is 2. The summed E-state index contributed by atoms with van der Waals surface area (Å²) >= 11 is 0. The van der Waals surface area contributed by atoms with Gasteiger partial charge in [0.2, 0.25) is 0 Å². The molecule has 0 bridgehead atoms. The molecule has 0 fully saturated rings. The quantitative estimate of drug-likeness (QED) is 0.395. The van der Waals surface area contributed by atoms with E-state index in [0.717, 1.165) is 13.0 Å². The predicted octanol–water partition coefficient (Wildman–Crippen LogP) is 3.91. The van der Waals surface area contributed by atoms with Crippen molar-refractivity contribution in [2.75, 3.05) is 6.54 Å². The summed E-state index contributed by atoms with van der Waals surface area (Å²) in [5.74, 6) is -0.424. The number of hydrogen-bond donors (Lipinski definition) is 3. The van der Waals surface area contributed by atoms with E-state index in [2.05, 4.69) is 43.3 Å². The molecule has 2 amide bonds. The molecule has 0 aliphatic heterocycles. The average Bonchev–Trinajstić information content (AvgIpc) is 2.31. The third kappa shape index (κ3) is 11.0. The Morgan fingerprint density at radius 3 is 1.70 bits per heavy atom. The fraction of sp³-hybridized carbons (Fsp3) is 0.810. The molecule has 0 aromatic rings. The van der Waals surface area contributed by atoms with Crippen LogP contribution in [0.25, 0.3) is 0 Å². The molecule has 0 saturated carbocycles. The predicted molar refractivity (Wildman–Crippen MR) is 112 cm³/mol. The van der Waals surface area contributed by atoms with Crippen LogP contribution >= 0.6 is 0 Å². The summed E-state index contributed by atoms with van der Waals surface area (Å²) in [7, 11) is 0. The molecule has 0 atom stereocenters. The van der Waals surface area contributed by atoms with Crippen molar-refractivity contribution < 1.29 is 14.3 Å². The molecule has 0 radical (unpaired) electrons. The molecule has 27 heavy (non-hydrogen) atoms. The molecule has 6 heteroatoms. The van der Waals surface area contributed by atoms with E-state index in [1.54, 1.807) is 6.92 Å². The summed E-state index contributed by atoms with van der Waals surface area (Å²) in [6, 6.07) is -0.237. The van der Waals surface area contributed by atoms with Gasteiger partial charge in [-0.15, -0.1) is 0 Å². The van der Waals surface area contributed by atoms with Gasteiger partial charge in [0.15, 0.2) is 0 Å². The summed E-state index contributed by atoms with van der Waals surface area (Å²) in [6.07, 6.45) is 1.25. The molecule has 0 aliphatic carbocycles. The second-order valence-electron chi connectivity index (χ2n) is 10.0. The number of rotatable bonds is 10. The Morgan fingerprint density at radius 2 is 1.30 bits per heavy atom. The van der Waals surface area contributed by atoms with Gasteiger partial charge in [0.25, 0.3) is 0 Å². The summed E-state index contributed by atoms with van der Waals surface area (Å²) in [6.45, 7) is 23.9. The van der Waals surface area contributed by atoms with E-state index < -0.39 is 17.1 Å². The highest BCUT2D eigenvalue weighted by molar-refractivity contribution is 5.87. The zero-order chi connectivity index (χ0) is 21.7. The van der Waals surface area contributed by atoms with Crippen LogP contribution in [0, 0.1) is 0 Å². The van der Waals surface area contributed by atoms with Crippen LogP contribution in [0.4, 0.5) is 4.79 Å². The molecule has 3 N–H and O–H groups in total. The SMILES string of the molecule is C=C(C)C(=O)OC(C)(C)CC(C)(C)NC(=O)NC(C)(C)CC(C)(C)NCC. The van der Waals surface area contributed by atoms with E-state index in [4.69, 9.17) is 4.74 Å². The highest BCUT2D eigenvalue weighted by Gasteiger charge is 2.35. The minimum absolute atomic E-state index is 0.0835. The standard InChI is InChI=1S/C21H41N3O3/c1-12-22-18(4,5)13-19(6,7)23-17(26)24-20(8,9)14-21(10,11)27-16(25)15(2)3/h22H,2,12-14H2,1,3-11H3,(H2,23,24,26). The number of ether oxygens (including phenoxy) is 1. The van der Waals surface area contributed by atoms with Gasteiger partial charge in [-0.1, -0.05) is 13.5 Å². The topological polar surface area (TPSA) is 79.5 Å². The first-order valence-electron chi connectivity index (χ1n) is 9.64. The van der Waals surface area contributed by atoms with Gasteiger partial charge < -0.3 is 20.7 Å².